The van der Waals surface area contributed by atoms with E-state index in [0.717, 1.165) is 12.1 Å². The van der Waals surface area contributed by atoms with Gasteiger partial charge in [-0.2, -0.15) is 0 Å². The van der Waals surface area contributed by atoms with Gasteiger partial charge in [0.15, 0.2) is 17.5 Å². The molecule has 0 aliphatic rings. The van der Waals surface area contributed by atoms with E-state index in [1.807, 2.05) is 0 Å². The van der Waals surface area contributed by atoms with E-state index >= 15 is 0 Å². The van der Waals surface area contributed by atoms with Gasteiger partial charge in [0.1, 0.15) is 6.04 Å². The van der Waals surface area contributed by atoms with E-state index in [0.29, 0.717) is 6.42 Å². The fourth-order valence-corrected chi connectivity index (χ4v) is 1.77. The first-order chi connectivity index (χ1) is 8.36. The highest BCUT2D eigenvalue weighted by atomic mass is 19.2. The number of rotatable bonds is 5. The van der Waals surface area contributed by atoms with E-state index in [1.165, 1.54) is 11.9 Å². The fourth-order valence-electron chi connectivity index (χ4n) is 1.77. The van der Waals surface area contributed by atoms with Crippen molar-refractivity contribution in [3.05, 3.63) is 35.1 Å². The van der Waals surface area contributed by atoms with E-state index in [4.69, 9.17) is 5.11 Å². The van der Waals surface area contributed by atoms with Crippen LogP contribution < -0.4 is 0 Å². The predicted molar refractivity (Wildman–Crippen MR) is 59.5 cm³/mol. The molecule has 18 heavy (non-hydrogen) atoms. The Balaban J connectivity index is 2.88. The number of hydrogen-bond acceptors (Lipinski definition) is 2. The molecule has 1 aromatic carbocycles. The van der Waals surface area contributed by atoms with Crippen LogP contribution in [0.25, 0.3) is 0 Å². The molecule has 100 valence electrons. The summed E-state index contributed by atoms with van der Waals surface area (Å²) in [6.45, 7) is 1.72. The van der Waals surface area contributed by atoms with Crippen molar-refractivity contribution in [3.8, 4) is 0 Å². The molecule has 0 saturated heterocycles. The third-order valence-corrected chi connectivity index (χ3v) is 2.68. The molecule has 0 spiro atoms. The molecule has 3 nitrogen and oxygen atoms in total. The van der Waals surface area contributed by atoms with Crippen molar-refractivity contribution in [2.75, 3.05) is 7.05 Å². The van der Waals surface area contributed by atoms with Gasteiger partial charge in [0.2, 0.25) is 0 Å². The van der Waals surface area contributed by atoms with Crippen LogP contribution in [0.2, 0.25) is 0 Å². The number of hydrogen-bond donors (Lipinski definition) is 1. The van der Waals surface area contributed by atoms with E-state index < -0.39 is 29.5 Å². The Bertz CT molecular complexity index is 428. The smallest absolute Gasteiger partial charge is 0.320 e. The van der Waals surface area contributed by atoms with E-state index in [1.54, 1.807) is 6.92 Å². The minimum atomic E-state index is -1.52. The van der Waals surface area contributed by atoms with Crippen molar-refractivity contribution in [1.29, 1.82) is 0 Å². The second kappa shape index (κ2) is 5.86. The van der Waals surface area contributed by atoms with E-state index in [2.05, 4.69) is 0 Å². The number of carbonyl (C=O) groups is 1. The number of nitrogens with zero attached hydrogens (tertiary/aromatic N) is 1. The van der Waals surface area contributed by atoms with Crippen LogP contribution in [0.5, 0.6) is 0 Å². The molecule has 6 heteroatoms. The Morgan fingerprint density at radius 2 is 1.83 bits per heavy atom. The summed E-state index contributed by atoms with van der Waals surface area (Å²) in [6, 6.07) is 0.980. The Labute approximate surface area is 103 Å². The highest BCUT2D eigenvalue weighted by Gasteiger charge is 2.21. The Hall–Kier alpha value is -1.56. The maximum Gasteiger partial charge on any atom is 0.320 e. The first-order valence-electron chi connectivity index (χ1n) is 5.43. The largest absolute Gasteiger partial charge is 0.480 e. The van der Waals surface area contributed by atoms with Gasteiger partial charge in [0.25, 0.3) is 0 Å². The van der Waals surface area contributed by atoms with E-state index in [9.17, 15) is 18.0 Å². The number of benzene rings is 1. The summed E-state index contributed by atoms with van der Waals surface area (Å²) >= 11 is 0. The van der Waals surface area contributed by atoms with Crippen LogP contribution in [0.1, 0.15) is 18.9 Å². The van der Waals surface area contributed by atoms with Crippen LogP contribution in [0, 0.1) is 17.5 Å². The van der Waals surface area contributed by atoms with Gasteiger partial charge in [0.05, 0.1) is 0 Å². The highest BCUT2D eigenvalue weighted by Crippen LogP contribution is 2.16. The van der Waals surface area contributed by atoms with Crippen LogP contribution in [-0.4, -0.2) is 29.1 Å². The van der Waals surface area contributed by atoms with Gasteiger partial charge in [-0.25, -0.2) is 13.2 Å². The van der Waals surface area contributed by atoms with Crippen molar-refractivity contribution in [3.63, 3.8) is 0 Å². The van der Waals surface area contributed by atoms with Crippen molar-refractivity contribution < 1.29 is 23.1 Å². The molecule has 0 fully saturated rings. The summed E-state index contributed by atoms with van der Waals surface area (Å²) in [5.41, 5.74) is 0.189. The van der Waals surface area contributed by atoms with Gasteiger partial charge in [0, 0.05) is 6.54 Å². The number of carboxylic acid groups (broad SMARTS) is 1. The molecule has 0 saturated carbocycles. The molecule has 0 aliphatic carbocycles. The normalized spacial score (nSPS) is 12.8. The average molecular weight is 261 g/mol. The molecule has 1 N–H and O–H groups in total. The first kappa shape index (κ1) is 14.5. The zero-order valence-corrected chi connectivity index (χ0v) is 10.1. The number of halogens is 3. The first-order valence-corrected chi connectivity index (χ1v) is 5.43. The lowest BCUT2D eigenvalue weighted by atomic mass is 10.1. The number of carboxylic acids is 1. The molecule has 0 aromatic heterocycles. The zero-order valence-electron chi connectivity index (χ0n) is 10.1. The van der Waals surface area contributed by atoms with Crippen LogP contribution in [-0.2, 0) is 11.3 Å². The Morgan fingerprint density at radius 3 is 2.22 bits per heavy atom. The number of likely N-dealkylation sites (N-methyl/N-ethyl adjacent to an activating group) is 1. The summed E-state index contributed by atoms with van der Waals surface area (Å²) in [7, 11) is 1.53. The van der Waals surface area contributed by atoms with Crippen molar-refractivity contribution in [1.82, 2.24) is 4.90 Å². The van der Waals surface area contributed by atoms with Crippen LogP contribution in [0.3, 0.4) is 0 Å². The SMILES string of the molecule is CCC(C(=O)O)N(C)Cc1cc(F)c(F)c(F)c1. The third kappa shape index (κ3) is 3.22. The van der Waals surface area contributed by atoms with Crippen molar-refractivity contribution in [2.24, 2.45) is 0 Å². The van der Waals surface area contributed by atoms with Crippen molar-refractivity contribution >= 4 is 5.97 Å². The molecule has 0 radical (unpaired) electrons. The average Bonchev–Trinajstić information content (AvgIpc) is 2.26. The summed E-state index contributed by atoms with van der Waals surface area (Å²) in [6.07, 6.45) is 0.359. The second-order valence-corrected chi connectivity index (χ2v) is 4.05. The van der Waals surface area contributed by atoms with Gasteiger partial charge < -0.3 is 5.11 Å². The Kier molecular flexibility index (Phi) is 4.72. The Morgan fingerprint density at radius 1 is 1.33 bits per heavy atom. The van der Waals surface area contributed by atoms with Crippen LogP contribution >= 0.6 is 0 Å². The standard InChI is InChI=1S/C12H14F3NO2/c1-3-10(12(17)18)16(2)6-7-4-8(13)11(15)9(14)5-7/h4-5,10H,3,6H2,1-2H3,(H,17,18). The summed E-state index contributed by atoms with van der Waals surface area (Å²) in [4.78, 5) is 12.3. The molecule has 0 amide bonds. The number of aliphatic carboxylic acids is 1. The van der Waals surface area contributed by atoms with Gasteiger partial charge in [-0.15, -0.1) is 0 Å². The van der Waals surface area contributed by atoms with Gasteiger partial charge in [-0.1, -0.05) is 6.92 Å². The monoisotopic (exact) mass is 261 g/mol. The van der Waals surface area contributed by atoms with Gasteiger partial charge >= 0.3 is 5.97 Å². The lowest BCUT2D eigenvalue weighted by molar-refractivity contribution is -0.143. The maximum absolute atomic E-state index is 13.0. The molecule has 1 aromatic rings. The van der Waals surface area contributed by atoms with Crippen LogP contribution in [0.4, 0.5) is 13.2 Å². The molecule has 1 rings (SSSR count). The third-order valence-electron chi connectivity index (χ3n) is 2.68. The summed E-state index contributed by atoms with van der Waals surface area (Å²) < 4.78 is 38.7. The molecule has 1 atom stereocenters. The topological polar surface area (TPSA) is 40.5 Å². The van der Waals surface area contributed by atoms with Gasteiger partial charge in [-0.3, -0.25) is 9.69 Å². The second-order valence-electron chi connectivity index (χ2n) is 4.05. The molecule has 1 unspecified atom stereocenters. The van der Waals surface area contributed by atoms with Gasteiger partial charge in [-0.05, 0) is 31.2 Å². The molecule has 0 bridgehead atoms. The van der Waals surface area contributed by atoms with Crippen LogP contribution in [0.15, 0.2) is 12.1 Å². The molecule has 0 aliphatic heterocycles. The lowest BCUT2D eigenvalue weighted by Gasteiger charge is -2.23. The highest BCUT2D eigenvalue weighted by molar-refractivity contribution is 5.73. The quantitative estimate of drug-likeness (QED) is 0.827. The molecular weight excluding hydrogens is 247 g/mol. The van der Waals surface area contributed by atoms with Crippen molar-refractivity contribution in [2.45, 2.75) is 25.9 Å². The fraction of sp³-hybridized carbons (Fsp3) is 0.417. The molecular formula is C12H14F3NO2. The minimum absolute atomic E-state index is 0.0267. The lowest BCUT2D eigenvalue weighted by Crippen LogP contribution is -2.37. The molecule has 0 heterocycles. The summed E-state index contributed by atoms with van der Waals surface area (Å²) in [5.74, 6) is -5.08. The predicted octanol–water partition coefficient (Wildman–Crippen LogP) is 2.40. The minimum Gasteiger partial charge on any atom is -0.480 e. The zero-order chi connectivity index (χ0) is 13.9. The van der Waals surface area contributed by atoms with E-state index in [-0.39, 0.29) is 12.1 Å². The summed E-state index contributed by atoms with van der Waals surface area (Å²) in [5, 5.41) is 8.93. The maximum atomic E-state index is 13.0.